The Kier molecular flexibility index (Phi) is 5.70. The molecule has 0 saturated heterocycles. The summed E-state index contributed by atoms with van der Waals surface area (Å²) in [4.78, 5) is 30.1. The zero-order chi connectivity index (χ0) is 27.7. The molecule has 0 atom stereocenters. The van der Waals surface area contributed by atoms with Gasteiger partial charge in [0.05, 0.1) is 21.3 Å². The van der Waals surface area contributed by atoms with Crippen molar-refractivity contribution in [1.82, 2.24) is 9.55 Å². The Morgan fingerprint density at radius 3 is 1.87 bits per heavy atom. The van der Waals surface area contributed by atoms with Crippen molar-refractivity contribution in [2.75, 3.05) is 0 Å². The van der Waals surface area contributed by atoms with Gasteiger partial charge >= 0.3 is 0 Å². The zero-order valence-electron chi connectivity index (χ0n) is 19.0. The van der Waals surface area contributed by atoms with Gasteiger partial charge < -0.3 is 4.42 Å². The van der Waals surface area contributed by atoms with Gasteiger partial charge in [-0.1, -0.05) is 41.4 Å². The zero-order valence-corrected chi connectivity index (χ0v) is 20.5. The Morgan fingerprint density at radius 2 is 1.31 bits per heavy atom. The van der Waals surface area contributed by atoms with E-state index in [-0.39, 0.29) is 43.7 Å². The number of para-hydroxylation sites is 1. The van der Waals surface area contributed by atoms with Crippen molar-refractivity contribution in [1.29, 1.82) is 0 Å². The minimum Gasteiger partial charge on any atom is -0.434 e. The minimum atomic E-state index is -2.32. The van der Waals surface area contributed by atoms with Crippen LogP contribution in [0.3, 0.4) is 0 Å². The molecule has 2 aromatic heterocycles. The van der Waals surface area contributed by atoms with Crippen LogP contribution >= 0.6 is 23.2 Å². The van der Waals surface area contributed by atoms with Crippen molar-refractivity contribution in [3.05, 3.63) is 110 Å². The van der Waals surface area contributed by atoms with Crippen LogP contribution in [0.25, 0.3) is 34.4 Å². The van der Waals surface area contributed by atoms with E-state index in [0.717, 1.165) is 0 Å². The highest BCUT2D eigenvalue weighted by Crippen LogP contribution is 2.37. The van der Waals surface area contributed by atoms with E-state index < -0.39 is 52.1 Å². The van der Waals surface area contributed by atoms with Crippen molar-refractivity contribution in [3.8, 4) is 17.1 Å². The van der Waals surface area contributed by atoms with E-state index in [0.29, 0.717) is 5.69 Å². The van der Waals surface area contributed by atoms with Crippen LogP contribution < -0.4 is 0 Å². The van der Waals surface area contributed by atoms with Crippen LogP contribution in [0, 0.1) is 29.1 Å². The molecule has 0 unspecified atom stereocenters. The number of rotatable bonds is 3. The lowest BCUT2D eigenvalue weighted by molar-refractivity contribution is 0.0990. The van der Waals surface area contributed by atoms with Crippen LogP contribution in [0.1, 0.15) is 26.4 Å². The number of oxazole rings is 1. The molecule has 0 bridgehead atoms. The third-order valence-electron chi connectivity index (χ3n) is 6.15. The number of nitrogens with zero attached hydrogens (tertiary/aromatic N) is 2. The lowest BCUT2D eigenvalue weighted by Crippen LogP contribution is -2.05. The SMILES string of the molecule is O=C1C(=Cc2cc3oc(-c4c(F)c(F)c(F)c(F)c4F)nc3n2-c2ccccc2)C(=O)c2cc(Cl)c(Cl)cc21. The molecule has 12 heteroatoms. The molecule has 0 amide bonds. The van der Waals surface area contributed by atoms with Crippen molar-refractivity contribution < 1.29 is 36.0 Å². The molecule has 6 rings (SSSR count). The first-order valence-corrected chi connectivity index (χ1v) is 11.7. The maximum absolute atomic E-state index is 14.4. The first kappa shape index (κ1) is 25.0. The lowest BCUT2D eigenvalue weighted by atomic mass is 10.1. The van der Waals surface area contributed by atoms with Crippen LogP contribution in [0.5, 0.6) is 0 Å². The number of halogens is 7. The smallest absolute Gasteiger partial charge is 0.235 e. The fraction of sp³-hybridized carbons (Fsp3) is 0. The predicted octanol–water partition coefficient (Wildman–Crippen LogP) is 7.75. The fourth-order valence-corrected chi connectivity index (χ4v) is 4.68. The summed E-state index contributed by atoms with van der Waals surface area (Å²) in [5, 5.41) is 0.181. The van der Waals surface area contributed by atoms with Crippen LogP contribution in [-0.2, 0) is 0 Å². The van der Waals surface area contributed by atoms with Gasteiger partial charge in [0.2, 0.25) is 11.7 Å². The van der Waals surface area contributed by atoms with E-state index in [1.54, 1.807) is 30.3 Å². The highest BCUT2D eigenvalue weighted by atomic mass is 35.5. The molecule has 3 aromatic carbocycles. The normalized spacial score (nSPS) is 13.1. The molecule has 5 aromatic rings. The molecule has 0 saturated carbocycles. The summed E-state index contributed by atoms with van der Waals surface area (Å²) in [5.74, 6) is -12.9. The van der Waals surface area contributed by atoms with Gasteiger partial charge in [0, 0.05) is 22.9 Å². The van der Waals surface area contributed by atoms with E-state index in [9.17, 15) is 31.5 Å². The molecule has 0 aliphatic heterocycles. The monoisotopic (exact) mass is 574 g/mol. The Hall–Kier alpha value is -4.28. The van der Waals surface area contributed by atoms with Gasteiger partial charge in [-0.15, -0.1) is 0 Å². The van der Waals surface area contributed by atoms with E-state index in [2.05, 4.69) is 4.98 Å². The molecule has 1 aliphatic rings. The summed E-state index contributed by atoms with van der Waals surface area (Å²) >= 11 is 12.0. The molecule has 2 heterocycles. The number of hydrogen-bond acceptors (Lipinski definition) is 4. The second-order valence-corrected chi connectivity index (χ2v) is 9.23. The summed E-state index contributed by atoms with van der Waals surface area (Å²) < 4.78 is 76.9. The average molecular weight is 575 g/mol. The van der Waals surface area contributed by atoms with E-state index in [1.807, 2.05) is 0 Å². The fourth-order valence-electron chi connectivity index (χ4n) is 4.35. The van der Waals surface area contributed by atoms with Crippen LogP contribution in [0.4, 0.5) is 22.0 Å². The Balaban J connectivity index is 1.56. The molecule has 0 spiro atoms. The molecule has 0 radical (unpaired) electrons. The van der Waals surface area contributed by atoms with Crippen molar-refractivity contribution in [2.24, 2.45) is 0 Å². The van der Waals surface area contributed by atoms with Crippen LogP contribution in [0.15, 0.2) is 58.5 Å². The summed E-state index contributed by atoms with van der Waals surface area (Å²) in [6, 6.07) is 12.2. The first-order valence-electron chi connectivity index (χ1n) is 11.0. The number of ketones is 2. The summed E-state index contributed by atoms with van der Waals surface area (Å²) in [6.45, 7) is 0. The number of carbonyl (C=O) groups is 2. The van der Waals surface area contributed by atoms with Gasteiger partial charge in [-0.05, 0) is 30.3 Å². The second-order valence-electron chi connectivity index (χ2n) is 8.42. The highest BCUT2D eigenvalue weighted by Gasteiger charge is 2.35. The molecule has 194 valence electrons. The number of carbonyl (C=O) groups excluding carboxylic acids is 2. The Morgan fingerprint density at radius 1 is 0.769 bits per heavy atom. The standard InChI is InChI=1S/C27H9Cl2F5N2O3/c28-15-8-12-13(9-16(15)29)25(38)14(24(12)37)6-11-7-17-26(36(11)10-4-2-1-3-5-10)35-27(39-17)18-19(30)21(32)23(34)22(33)20(18)31/h1-9H. The van der Waals surface area contributed by atoms with E-state index in [4.69, 9.17) is 27.6 Å². The number of benzene rings is 3. The van der Waals surface area contributed by atoms with Gasteiger partial charge in [0.1, 0.15) is 5.56 Å². The van der Waals surface area contributed by atoms with Gasteiger partial charge in [-0.25, -0.2) is 22.0 Å². The third-order valence-corrected chi connectivity index (χ3v) is 6.87. The van der Waals surface area contributed by atoms with Gasteiger partial charge in [-0.2, -0.15) is 4.98 Å². The molecule has 39 heavy (non-hydrogen) atoms. The molecule has 0 fully saturated rings. The number of aromatic nitrogens is 2. The number of hydrogen-bond donors (Lipinski definition) is 0. The maximum atomic E-state index is 14.4. The minimum absolute atomic E-state index is 0.0638. The van der Waals surface area contributed by atoms with Crippen molar-refractivity contribution in [3.63, 3.8) is 0 Å². The topological polar surface area (TPSA) is 65.1 Å². The van der Waals surface area contributed by atoms with E-state index >= 15 is 0 Å². The number of allylic oxidation sites excluding steroid dienone is 1. The predicted molar refractivity (Wildman–Crippen MR) is 132 cm³/mol. The summed E-state index contributed by atoms with van der Waals surface area (Å²) in [5.41, 5.74) is -0.998. The van der Waals surface area contributed by atoms with Gasteiger partial charge in [0.15, 0.2) is 46.1 Å². The molecular weight excluding hydrogens is 566 g/mol. The molecule has 0 N–H and O–H groups in total. The molecule has 1 aliphatic carbocycles. The average Bonchev–Trinajstić information content (AvgIpc) is 3.54. The maximum Gasteiger partial charge on any atom is 0.235 e. The lowest BCUT2D eigenvalue weighted by Gasteiger charge is -2.08. The largest absolute Gasteiger partial charge is 0.434 e. The second kappa shape index (κ2) is 8.89. The Bertz CT molecular complexity index is 1860. The van der Waals surface area contributed by atoms with Gasteiger partial charge in [0.25, 0.3) is 0 Å². The molecule has 5 nitrogen and oxygen atoms in total. The first-order chi connectivity index (χ1) is 18.6. The van der Waals surface area contributed by atoms with Crippen molar-refractivity contribution >= 4 is 52.1 Å². The summed E-state index contributed by atoms with van der Waals surface area (Å²) in [6.07, 6.45) is 1.27. The quantitative estimate of drug-likeness (QED) is 0.0726. The third kappa shape index (κ3) is 3.70. The number of fused-ring (bicyclic) bond motifs is 2. The van der Waals surface area contributed by atoms with E-state index in [1.165, 1.54) is 28.8 Å². The number of Topliss-reactive ketones (excluding diaryl/α,β-unsaturated/α-hetero) is 2. The van der Waals surface area contributed by atoms with Crippen molar-refractivity contribution in [2.45, 2.75) is 0 Å². The van der Waals surface area contributed by atoms with Crippen LogP contribution in [0.2, 0.25) is 10.0 Å². The van der Waals surface area contributed by atoms with Gasteiger partial charge in [-0.3, -0.25) is 14.2 Å². The molecular formula is C27H9Cl2F5N2O3. The summed E-state index contributed by atoms with van der Waals surface area (Å²) in [7, 11) is 0. The Labute approximate surface area is 224 Å². The highest BCUT2D eigenvalue weighted by molar-refractivity contribution is 6.46. The van der Waals surface area contributed by atoms with Crippen LogP contribution in [-0.4, -0.2) is 21.1 Å².